The van der Waals surface area contributed by atoms with E-state index in [0.29, 0.717) is 17.9 Å². The zero-order valence-corrected chi connectivity index (χ0v) is 15.2. The molecule has 1 saturated heterocycles. The van der Waals surface area contributed by atoms with Gasteiger partial charge in [-0.3, -0.25) is 9.30 Å². The molecule has 0 bridgehead atoms. The van der Waals surface area contributed by atoms with Gasteiger partial charge in [0.2, 0.25) is 5.65 Å². The zero-order valence-electron chi connectivity index (χ0n) is 15.2. The van der Waals surface area contributed by atoms with Gasteiger partial charge in [0.25, 0.3) is 0 Å². The van der Waals surface area contributed by atoms with Crippen LogP contribution in [0.2, 0.25) is 0 Å². The van der Waals surface area contributed by atoms with E-state index in [4.69, 9.17) is 4.74 Å². The van der Waals surface area contributed by atoms with Gasteiger partial charge in [-0.05, 0) is 25.2 Å². The molecule has 1 atom stereocenters. The van der Waals surface area contributed by atoms with E-state index in [1.807, 2.05) is 12.4 Å². The molecule has 25 heavy (non-hydrogen) atoms. The monoisotopic (exact) mass is 344 g/mol. The van der Waals surface area contributed by atoms with Gasteiger partial charge >= 0.3 is 0 Å². The summed E-state index contributed by atoms with van der Waals surface area (Å²) in [6.07, 6.45) is 7.42. The van der Waals surface area contributed by atoms with Crippen LogP contribution in [0.15, 0.2) is 12.4 Å². The molecule has 1 saturated carbocycles. The highest BCUT2D eigenvalue weighted by molar-refractivity contribution is 5.62. The summed E-state index contributed by atoms with van der Waals surface area (Å²) in [7, 11) is 0. The van der Waals surface area contributed by atoms with Crippen molar-refractivity contribution in [2.45, 2.75) is 45.1 Å². The zero-order chi connectivity index (χ0) is 17.2. The SMILES string of the molecule is CC(C)CC(CNc1nccn2c(C3CC3)nnc12)N1CCOCC1. The van der Waals surface area contributed by atoms with E-state index in [1.165, 1.54) is 12.8 Å². The number of hydrogen-bond donors (Lipinski definition) is 1. The van der Waals surface area contributed by atoms with Crippen molar-refractivity contribution in [1.29, 1.82) is 0 Å². The van der Waals surface area contributed by atoms with E-state index in [9.17, 15) is 0 Å². The lowest BCUT2D eigenvalue weighted by Crippen LogP contribution is -2.47. The third-order valence-corrected chi connectivity index (χ3v) is 5.11. The summed E-state index contributed by atoms with van der Waals surface area (Å²) in [5.41, 5.74) is 0.842. The number of morpholine rings is 1. The molecular weight excluding hydrogens is 316 g/mol. The first-order chi connectivity index (χ1) is 12.2. The van der Waals surface area contributed by atoms with Crippen molar-refractivity contribution in [3.63, 3.8) is 0 Å². The van der Waals surface area contributed by atoms with Gasteiger partial charge in [-0.15, -0.1) is 10.2 Å². The van der Waals surface area contributed by atoms with Crippen LogP contribution in [-0.4, -0.2) is 63.4 Å². The van der Waals surface area contributed by atoms with Crippen molar-refractivity contribution < 1.29 is 4.74 Å². The van der Waals surface area contributed by atoms with Crippen molar-refractivity contribution >= 4 is 11.5 Å². The van der Waals surface area contributed by atoms with Crippen LogP contribution in [0.1, 0.15) is 44.9 Å². The third-order valence-electron chi connectivity index (χ3n) is 5.11. The highest BCUT2D eigenvalue weighted by Gasteiger charge is 2.29. The number of fused-ring (bicyclic) bond motifs is 1. The molecule has 1 unspecified atom stereocenters. The summed E-state index contributed by atoms with van der Waals surface area (Å²) in [5, 5.41) is 12.3. The van der Waals surface area contributed by atoms with Gasteiger partial charge in [-0.1, -0.05) is 13.8 Å². The Morgan fingerprint density at radius 3 is 2.76 bits per heavy atom. The molecule has 0 radical (unpaired) electrons. The summed E-state index contributed by atoms with van der Waals surface area (Å²) < 4.78 is 7.61. The normalized spacial score (nSPS) is 20.3. The number of ether oxygens (including phenoxy) is 1. The van der Waals surface area contributed by atoms with E-state index < -0.39 is 0 Å². The van der Waals surface area contributed by atoms with Crippen molar-refractivity contribution in [3.8, 4) is 0 Å². The molecule has 2 aliphatic rings. The Morgan fingerprint density at radius 1 is 1.24 bits per heavy atom. The molecular formula is C18H28N6O. The number of anilines is 1. The lowest BCUT2D eigenvalue weighted by Gasteiger charge is -2.35. The van der Waals surface area contributed by atoms with Crippen LogP contribution in [-0.2, 0) is 4.74 Å². The van der Waals surface area contributed by atoms with Gasteiger partial charge < -0.3 is 10.1 Å². The number of nitrogens with zero attached hydrogens (tertiary/aromatic N) is 5. The fraction of sp³-hybridized carbons (Fsp3) is 0.722. The second kappa shape index (κ2) is 7.25. The standard InChI is InChI=1S/C18H28N6O/c1-13(2)11-15(23-7-9-25-10-8-23)12-20-16-18-22-21-17(14-3-4-14)24(18)6-5-19-16/h5-6,13-15H,3-4,7-12H2,1-2H3,(H,19,20). The Kier molecular flexibility index (Phi) is 4.85. The molecule has 2 aromatic rings. The predicted molar refractivity (Wildman–Crippen MR) is 96.9 cm³/mol. The number of rotatable bonds is 7. The van der Waals surface area contributed by atoms with E-state index in [2.05, 4.69) is 43.6 Å². The smallest absolute Gasteiger partial charge is 0.203 e. The van der Waals surface area contributed by atoms with Crippen LogP contribution < -0.4 is 5.32 Å². The number of aromatic nitrogens is 4. The minimum Gasteiger partial charge on any atom is -0.379 e. The van der Waals surface area contributed by atoms with Crippen LogP contribution in [0.25, 0.3) is 5.65 Å². The Labute approximate surface area is 148 Å². The molecule has 1 N–H and O–H groups in total. The maximum Gasteiger partial charge on any atom is 0.203 e. The van der Waals surface area contributed by atoms with E-state index in [-0.39, 0.29) is 0 Å². The van der Waals surface area contributed by atoms with Gasteiger partial charge in [-0.25, -0.2) is 4.98 Å². The Balaban J connectivity index is 1.49. The molecule has 1 aliphatic heterocycles. The van der Waals surface area contributed by atoms with E-state index >= 15 is 0 Å². The third kappa shape index (κ3) is 3.77. The van der Waals surface area contributed by atoms with Gasteiger partial charge in [0, 0.05) is 44.0 Å². The topological polar surface area (TPSA) is 67.6 Å². The number of hydrogen-bond acceptors (Lipinski definition) is 6. The first kappa shape index (κ1) is 16.7. The second-order valence-corrected chi connectivity index (χ2v) is 7.61. The Hall–Kier alpha value is -1.73. The summed E-state index contributed by atoms with van der Waals surface area (Å²) >= 11 is 0. The summed E-state index contributed by atoms with van der Waals surface area (Å²) in [6, 6.07) is 0.483. The van der Waals surface area contributed by atoms with Crippen LogP contribution in [0, 0.1) is 5.92 Å². The van der Waals surface area contributed by atoms with E-state index in [1.54, 1.807) is 0 Å². The second-order valence-electron chi connectivity index (χ2n) is 7.61. The van der Waals surface area contributed by atoms with Crippen molar-refractivity contribution in [2.24, 2.45) is 5.92 Å². The van der Waals surface area contributed by atoms with Crippen molar-refractivity contribution in [2.75, 3.05) is 38.2 Å². The quantitative estimate of drug-likeness (QED) is 0.830. The summed E-state index contributed by atoms with van der Waals surface area (Å²) in [4.78, 5) is 7.06. The first-order valence-corrected chi connectivity index (χ1v) is 9.47. The fourth-order valence-electron chi connectivity index (χ4n) is 3.65. The largest absolute Gasteiger partial charge is 0.379 e. The maximum atomic E-state index is 5.51. The van der Waals surface area contributed by atoms with Crippen molar-refractivity contribution in [1.82, 2.24) is 24.5 Å². The highest BCUT2D eigenvalue weighted by atomic mass is 16.5. The van der Waals surface area contributed by atoms with Crippen LogP contribution in [0.5, 0.6) is 0 Å². The molecule has 2 aromatic heterocycles. The van der Waals surface area contributed by atoms with Crippen molar-refractivity contribution in [3.05, 3.63) is 18.2 Å². The molecule has 7 nitrogen and oxygen atoms in total. The lowest BCUT2D eigenvalue weighted by molar-refractivity contribution is 0.0150. The van der Waals surface area contributed by atoms with Crippen LogP contribution in [0.3, 0.4) is 0 Å². The van der Waals surface area contributed by atoms with E-state index in [0.717, 1.165) is 56.6 Å². The predicted octanol–water partition coefficient (Wildman–Crippen LogP) is 2.16. The van der Waals surface area contributed by atoms with Crippen LogP contribution in [0.4, 0.5) is 5.82 Å². The van der Waals surface area contributed by atoms with Gasteiger partial charge in [0.1, 0.15) is 5.82 Å². The minimum atomic E-state index is 0.483. The molecule has 2 fully saturated rings. The molecule has 0 aromatic carbocycles. The van der Waals surface area contributed by atoms with Gasteiger partial charge in [-0.2, -0.15) is 0 Å². The van der Waals surface area contributed by atoms with Gasteiger partial charge in [0.05, 0.1) is 13.2 Å². The molecule has 3 heterocycles. The average molecular weight is 344 g/mol. The van der Waals surface area contributed by atoms with Crippen LogP contribution >= 0.6 is 0 Å². The molecule has 0 amide bonds. The number of nitrogens with one attached hydrogen (secondary N) is 1. The molecule has 4 rings (SSSR count). The molecule has 7 heteroatoms. The van der Waals surface area contributed by atoms with Gasteiger partial charge in [0.15, 0.2) is 5.82 Å². The molecule has 1 aliphatic carbocycles. The highest BCUT2D eigenvalue weighted by Crippen LogP contribution is 2.39. The summed E-state index contributed by atoms with van der Waals surface area (Å²) in [6.45, 7) is 9.12. The Morgan fingerprint density at radius 2 is 2.04 bits per heavy atom. The molecule has 136 valence electrons. The average Bonchev–Trinajstić information content (AvgIpc) is 3.38. The maximum absolute atomic E-state index is 5.51. The lowest BCUT2D eigenvalue weighted by atomic mass is 10.0. The fourth-order valence-corrected chi connectivity index (χ4v) is 3.65. The molecule has 0 spiro atoms. The first-order valence-electron chi connectivity index (χ1n) is 9.47. The minimum absolute atomic E-state index is 0.483. The Bertz CT molecular complexity index is 705. The summed E-state index contributed by atoms with van der Waals surface area (Å²) in [5.74, 6) is 3.15.